The van der Waals surface area contributed by atoms with Gasteiger partial charge in [-0.15, -0.1) is 0 Å². The summed E-state index contributed by atoms with van der Waals surface area (Å²) in [6.45, 7) is 8.60. The Balaban J connectivity index is 1.70. The van der Waals surface area contributed by atoms with E-state index in [1.165, 1.54) is 41.5 Å². The van der Waals surface area contributed by atoms with Crippen molar-refractivity contribution in [2.24, 2.45) is 0 Å². The highest BCUT2D eigenvalue weighted by molar-refractivity contribution is 5.94. The lowest BCUT2D eigenvalue weighted by molar-refractivity contribution is 0.0940. The van der Waals surface area contributed by atoms with Crippen molar-refractivity contribution in [1.29, 1.82) is 0 Å². The van der Waals surface area contributed by atoms with E-state index >= 15 is 0 Å². The molecule has 3 rings (SSSR count). The van der Waals surface area contributed by atoms with Crippen molar-refractivity contribution < 1.29 is 4.79 Å². The van der Waals surface area contributed by atoms with Crippen LogP contribution in [0.1, 0.15) is 79.2 Å². The first kappa shape index (κ1) is 17.7. The Kier molecular flexibility index (Phi) is 4.99. The summed E-state index contributed by atoms with van der Waals surface area (Å²) in [5.41, 5.74) is 6.20. The van der Waals surface area contributed by atoms with E-state index in [9.17, 15) is 4.79 Å². The number of aryl methyl sites for hydroxylation is 2. The second-order valence-corrected chi connectivity index (χ2v) is 8.26. The van der Waals surface area contributed by atoms with Crippen LogP contribution in [-0.4, -0.2) is 5.91 Å². The number of hydrogen-bond donors (Lipinski definition) is 1. The summed E-state index contributed by atoms with van der Waals surface area (Å²) in [5, 5.41) is 3.14. The third-order valence-corrected chi connectivity index (χ3v) is 5.23. The van der Waals surface area contributed by atoms with E-state index in [0.717, 1.165) is 12.0 Å². The molecule has 0 spiro atoms. The fourth-order valence-corrected chi connectivity index (χ4v) is 3.51. The van der Waals surface area contributed by atoms with Crippen molar-refractivity contribution in [3.8, 4) is 0 Å². The standard InChI is InChI=1S/C23H29NO/c1-16(19-10-9-17-7-5-6-8-20(17)15-19)24-22(25)18-11-13-21(14-12-18)23(2,3)4/h9-16H,5-8H2,1-4H3,(H,24,25)/t16-/m0/s1. The lowest BCUT2D eigenvalue weighted by Crippen LogP contribution is -2.27. The summed E-state index contributed by atoms with van der Waals surface area (Å²) in [4.78, 5) is 12.6. The first-order valence-corrected chi connectivity index (χ1v) is 9.38. The molecule has 0 aliphatic heterocycles. The summed E-state index contributed by atoms with van der Waals surface area (Å²) in [5.74, 6) is -0.00863. The van der Waals surface area contributed by atoms with Gasteiger partial charge in [0.2, 0.25) is 0 Å². The van der Waals surface area contributed by atoms with Gasteiger partial charge in [0.25, 0.3) is 5.91 Å². The smallest absolute Gasteiger partial charge is 0.251 e. The van der Waals surface area contributed by atoms with Crippen LogP contribution >= 0.6 is 0 Å². The average molecular weight is 335 g/mol. The molecule has 1 amide bonds. The van der Waals surface area contributed by atoms with Crippen LogP contribution in [0.2, 0.25) is 0 Å². The van der Waals surface area contributed by atoms with E-state index < -0.39 is 0 Å². The zero-order chi connectivity index (χ0) is 18.0. The number of benzene rings is 2. The van der Waals surface area contributed by atoms with Gasteiger partial charge in [-0.1, -0.05) is 51.1 Å². The highest BCUT2D eigenvalue weighted by Gasteiger charge is 2.17. The molecule has 0 heterocycles. The molecule has 1 aliphatic rings. The van der Waals surface area contributed by atoms with Gasteiger partial charge < -0.3 is 5.32 Å². The Morgan fingerprint density at radius 2 is 1.60 bits per heavy atom. The van der Waals surface area contributed by atoms with E-state index in [1.54, 1.807) is 0 Å². The van der Waals surface area contributed by atoms with Gasteiger partial charge >= 0.3 is 0 Å². The van der Waals surface area contributed by atoms with E-state index in [-0.39, 0.29) is 17.4 Å². The lowest BCUT2D eigenvalue weighted by Gasteiger charge is -2.21. The minimum absolute atomic E-state index is 0.00863. The van der Waals surface area contributed by atoms with Gasteiger partial charge in [-0.2, -0.15) is 0 Å². The molecule has 0 bridgehead atoms. The van der Waals surface area contributed by atoms with Crippen LogP contribution in [0.4, 0.5) is 0 Å². The number of rotatable bonds is 3. The largest absolute Gasteiger partial charge is 0.346 e. The number of carbonyl (C=O) groups excluding carboxylic acids is 1. The molecule has 2 aromatic rings. The molecule has 2 heteroatoms. The number of nitrogens with one attached hydrogen (secondary N) is 1. The van der Waals surface area contributed by atoms with Crippen molar-refractivity contribution in [3.63, 3.8) is 0 Å². The summed E-state index contributed by atoms with van der Waals surface area (Å²) >= 11 is 0. The SMILES string of the molecule is C[C@H](NC(=O)c1ccc(C(C)(C)C)cc1)c1ccc2c(c1)CCCC2. The Morgan fingerprint density at radius 1 is 0.960 bits per heavy atom. The number of fused-ring (bicyclic) bond motifs is 1. The molecule has 0 radical (unpaired) electrons. The van der Waals surface area contributed by atoms with Crippen molar-refractivity contribution in [2.45, 2.75) is 64.8 Å². The summed E-state index contributed by atoms with van der Waals surface area (Å²) < 4.78 is 0. The lowest BCUT2D eigenvalue weighted by atomic mass is 9.86. The maximum Gasteiger partial charge on any atom is 0.251 e. The maximum absolute atomic E-state index is 12.6. The van der Waals surface area contributed by atoms with Crippen LogP contribution in [0, 0.1) is 0 Å². The fourth-order valence-electron chi connectivity index (χ4n) is 3.51. The molecule has 0 fully saturated rings. The van der Waals surface area contributed by atoms with Crippen LogP contribution in [-0.2, 0) is 18.3 Å². The summed E-state index contributed by atoms with van der Waals surface area (Å²) in [6, 6.07) is 14.7. The normalized spacial score (nSPS) is 15.4. The highest BCUT2D eigenvalue weighted by Crippen LogP contribution is 2.25. The van der Waals surface area contributed by atoms with Crippen LogP contribution in [0.5, 0.6) is 0 Å². The van der Waals surface area contributed by atoms with E-state index in [0.29, 0.717) is 0 Å². The van der Waals surface area contributed by atoms with Gasteiger partial charge in [0, 0.05) is 5.56 Å². The molecule has 0 saturated carbocycles. The Hall–Kier alpha value is -2.09. The quantitative estimate of drug-likeness (QED) is 0.804. The zero-order valence-electron chi connectivity index (χ0n) is 15.9. The van der Waals surface area contributed by atoms with Gasteiger partial charge in [-0.05, 0) is 72.4 Å². The molecule has 0 saturated heterocycles. The van der Waals surface area contributed by atoms with Crippen LogP contribution in [0.3, 0.4) is 0 Å². The van der Waals surface area contributed by atoms with Crippen molar-refractivity contribution in [3.05, 3.63) is 70.3 Å². The Bertz CT molecular complexity index is 753. The second-order valence-electron chi connectivity index (χ2n) is 8.26. The van der Waals surface area contributed by atoms with Crippen LogP contribution in [0.15, 0.2) is 42.5 Å². The molecular weight excluding hydrogens is 306 g/mol. The van der Waals surface area contributed by atoms with Gasteiger partial charge in [-0.3, -0.25) is 4.79 Å². The summed E-state index contributed by atoms with van der Waals surface area (Å²) in [7, 11) is 0. The minimum atomic E-state index is -0.00863. The van der Waals surface area contributed by atoms with Crippen molar-refractivity contribution in [2.75, 3.05) is 0 Å². The van der Waals surface area contributed by atoms with E-state index in [4.69, 9.17) is 0 Å². The Morgan fingerprint density at radius 3 is 2.24 bits per heavy atom. The Labute approximate surface area is 151 Å². The molecule has 0 aromatic heterocycles. The van der Waals surface area contributed by atoms with Crippen LogP contribution in [0.25, 0.3) is 0 Å². The van der Waals surface area contributed by atoms with E-state index in [1.807, 2.05) is 12.1 Å². The maximum atomic E-state index is 12.6. The predicted octanol–water partition coefficient (Wildman–Crippen LogP) is 5.35. The summed E-state index contributed by atoms with van der Waals surface area (Å²) in [6.07, 6.45) is 4.93. The molecular formula is C23H29NO. The number of carbonyl (C=O) groups is 1. The molecule has 1 N–H and O–H groups in total. The number of amides is 1. The van der Waals surface area contributed by atoms with Gasteiger partial charge in [0.15, 0.2) is 0 Å². The molecule has 132 valence electrons. The average Bonchev–Trinajstić information content (AvgIpc) is 2.60. The molecule has 1 atom stereocenters. The zero-order valence-corrected chi connectivity index (χ0v) is 15.9. The third-order valence-electron chi connectivity index (χ3n) is 5.23. The molecule has 2 aromatic carbocycles. The topological polar surface area (TPSA) is 29.1 Å². The van der Waals surface area contributed by atoms with Gasteiger partial charge in [0.05, 0.1) is 6.04 Å². The first-order chi connectivity index (χ1) is 11.8. The monoisotopic (exact) mass is 335 g/mol. The highest BCUT2D eigenvalue weighted by atomic mass is 16.1. The number of hydrogen-bond acceptors (Lipinski definition) is 1. The third kappa shape index (κ3) is 4.12. The first-order valence-electron chi connectivity index (χ1n) is 9.38. The molecule has 1 aliphatic carbocycles. The van der Waals surface area contributed by atoms with Crippen molar-refractivity contribution in [1.82, 2.24) is 5.32 Å². The van der Waals surface area contributed by atoms with Gasteiger partial charge in [-0.25, -0.2) is 0 Å². The van der Waals surface area contributed by atoms with Crippen LogP contribution < -0.4 is 5.32 Å². The van der Waals surface area contributed by atoms with Crippen molar-refractivity contribution >= 4 is 5.91 Å². The van der Waals surface area contributed by atoms with E-state index in [2.05, 4.69) is 63.3 Å². The minimum Gasteiger partial charge on any atom is -0.346 e. The fraction of sp³-hybridized carbons (Fsp3) is 0.435. The second kappa shape index (κ2) is 7.03. The van der Waals surface area contributed by atoms with Gasteiger partial charge in [0.1, 0.15) is 0 Å². The molecule has 0 unspecified atom stereocenters. The molecule has 2 nitrogen and oxygen atoms in total. The molecule has 25 heavy (non-hydrogen) atoms. The predicted molar refractivity (Wildman–Crippen MR) is 104 cm³/mol.